The molecule has 3 amide bonds. The molecule has 1 aliphatic rings. The summed E-state index contributed by atoms with van der Waals surface area (Å²) in [4.78, 5) is 39.0. The number of imide groups is 1. The molecule has 0 bridgehead atoms. The molecule has 5 nitrogen and oxygen atoms in total. The third-order valence-electron chi connectivity index (χ3n) is 5.13. The van der Waals surface area contributed by atoms with Gasteiger partial charge >= 0.3 is 0 Å². The van der Waals surface area contributed by atoms with Crippen LogP contribution in [0.3, 0.4) is 0 Å². The lowest BCUT2D eigenvalue weighted by Gasteiger charge is -2.16. The Bertz CT molecular complexity index is 1110. The molecule has 0 fully saturated rings. The molecule has 0 aliphatic carbocycles. The smallest absolute Gasteiger partial charge is 0.261 e. The van der Waals surface area contributed by atoms with Crippen molar-refractivity contribution in [3.63, 3.8) is 0 Å². The quantitative estimate of drug-likeness (QED) is 0.653. The van der Waals surface area contributed by atoms with Crippen LogP contribution in [0, 0.1) is 5.82 Å². The molecule has 0 unspecified atom stereocenters. The molecule has 0 saturated heterocycles. The highest BCUT2D eigenvalue weighted by Crippen LogP contribution is 2.24. The van der Waals surface area contributed by atoms with Crippen molar-refractivity contribution in [3.8, 4) is 0 Å². The Balaban J connectivity index is 1.48. The van der Waals surface area contributed by atoms with Crippen LogP contribution in [0.4, 0.5) is 4.39 Å². The van der Waals surface area contributed by atoms with Crippen LogP contribution in [0.25, 0.3) is 0 Å². The number of amides is 3. The first kappa shape index (κ1) is 19.5. The minimum Gasteiger partial charge on any atom is -0.346 e. The Morgan fingerprint density at radius 2 is 1.57 bits per heavy atom. The van der Waals surface area contributed by atoms with Gasteiger partial charge in [-0.1, -0.05) is 36.4 Å². The second kappa shape index (κ2) is 7.91. The van der Waals surface area contributed by atoms with E-state index in [1.807, 2.05) is 6.92 Å². The summed E-state index contributed by atoms with van der Waals surface area (Å²) in [6.45, 7) is 1.90. The van der Waals surface area contributed by atoms with E-state index in [2.05, 4.69) is 5.32 Å². The van der Waals surface area contributed by atoms with Gasteiger partial charge in [0.1, 0.15) is 5.82 Å². The monoisotopic (exact) mass is 402 g/mol. The largest absolute Gasteiger partial charge is 0.346 e. The topological polar surface area (TPSA) is 66.5 Å². The highest BCUT2D eigenvalue weighted by Gasteiger charge is 2.35. The lowest BCUT2D eigenvalue weighted by Crippen LogP contribution is -2.29. The van der Waals surface area contributed by atoms with E-state index in [-0.39, 0.29) is 36.1 Å². The Morgan fingerprint density at radius 1 is 0.933 bits per heavy atom. The molecule has 1 atom stereocenters. The van der Waals surface area contributed by atoms with Crippen LogP contribution in [-0.2, 0) is 6.54 Å². The van der Waals surface area contributed by atoms with Crippen molar-refractivity contribution in [3.05, 3.63) is 106 Å². The van der Waals surface area contributed by atoms with Gasteiger partial charge in [-0.25, -0.2) is 4.39 Å². The van der Waals surface area contributed by atoms with Gasteiger partial charge in [0.2, 0.25) is 0 Å². The molecule has 30 heavy (non-hydrogen) atoms. The average Bonchev–Trinajstić information content (AvgIpc) is 2.99. The molecule has 0 radical (unpaired) electrons. The zero-order valence-corrected chi connectivity index (χ0v) is 16.3. The lowest BCUT2D eigenvalue weighted by atomic mass is 10.1. The molecule has 0 spiro atoms. The molecular weight excluding hydrogens is 383 g/mol. The van der Waals surface area contributed by atoms with Crippen LogP contribution < -0.4 is 5.32 Å². The summed E-state index contributed by atoms with van der Waals surface area (Å²) in [7, 11) is 0. The number of carbonyl (C=O) groups excluding carboxylic acids is 3. The predicted octanol–water partition coefficient (Wildman–Crippen LogP) is 4.11. The minimum absolute atomic E-state index is 0.0843. The third kappa shape index (κ3) is 3.72. The van der Waals surface area contributed by atoms with E-state index in [9.17, 15) is 18.8 Å². The molecule has 150 valence electrons. The Labute approximate surface area is 173 Å². The molecule has 1 heterocycles. The maximum atomic E-state index is 13.1. The maximum Gasteiger partial charge on any atom is 0.261 e. The van der Waals surface area contributed by atoms with Crippen molar-refractivity contribution in [1.82, 2.24) is 10.2 Å². The molecule has 1 aliphatic heterocycles. The van der Waals surface area contributed by atoms with Gasteiger partial charge in [-0.05, 0) is 54.4 Å². The lowest BCUT2D eigenvalue weighted by molar-refractivity contribution is 0.0642. The van der Waals surface area contributed by atoms with E-state index >= 15 is 0 Å². The fourth-order valence-electron chi connectivity index (χ4n) is 3.49. The van der Waals surface area contributed by atoms with Crippen molar-refractivity contribution < 1.29 is 18.8 Å². The van der Waals surface area contributed by atoms with Crippen LogP contribution >= 0.6 is 0 Å². The molecule has 1 N–H and O–H groups in total. The molecular formula is C24H19FN2O3. The highest BCUT2D eigenvalue weighted by atomic mass is 19.1. The summed E-state index contributed by atoms with van der Waals surface area (Å²) in [5.41, 5.74) is 2.66. The number of benzene rings is 3. The molecule has 3 aromatic rings. The van der Waals surface area contributed by atoms with Crippen molar-refractivity contribution in [2.45, 2.75) is 19.5 Å². The standard InChI is InChI=1S/C24H19FN2O3/c1-15(17-9-11-19(25)12-10-17)26-22(28)18-6-4-5-16(13-18)14-27-23(29)20-7-2-3-8-21(20)24(27)30/h2-13,15H,14H2,1H3,(H,26,28)/t15-/m0/s1. The van der Waals surface area contributed by atoms with E-state index in [1.165, 1.54) is 17.0 Å². The number of hydrogen-bond acceptors (Lipinski definition) is 3. The van der Waals surface area contributed by atoms with E-state index in [0.29, 0.717) is 22.3 Å². The van der Waals surface area contributed by atoms with Crippen LogP contribution in [-0.4, -0.2) is 22.6 Å². The van der Waals surface area contributed by atoms with E-state index in [0.717, 1.165) is 5.56 Å². The van der Waals surface area contributed by atoms with Gasteiger partial charge in [-0.2, -0.15) is 0 Å². The normalized spacial score (nSPS) is 13.9. The summed E-state index contributed by atoms with van der Waals surface area (Å²) in [5.74, 6) is -1.31. The first-order chi connectivity index (χ1) is 14.4. The fourth-order valence-corrected chi connectivity index (χ4v) is 3.49. The molecule has 0 aromatic heterocycles. The number of rotatable bonds is 5. The van der Waals surface area contributed by atoms with Crippen LogP contribution in [0.15, 0.2) is 72.8 Å². The molecule has 4 rings (SSSR count). The minimum atomic E-state index is -0.338. The van der Waals surface area contributed by atoms with Crippen LogP contribution in [0.1, 0.15) is 55.2 Å². The van der Waals surface area contributed by atoms with Gasteiger partial charge in [0, 0.05) is 5.56 Å². The molecule has 6 heteroatoms. The molecule has 3 aromatic carbocycles. The number of nitrogens with one attached hydrogen (secondary N) is 1. The molecule has 0 saturated carbocycles. The fraction of sp³-hybridized carbons (Fsp3) is 0.125. The summed E-state index contributed by atoms with van der Waals surface area (Å²) in [6, 6.07) is 19.2. The van der Waals surface area contributed by atoms with E-state index < -0.39 is 0 Å². The van der Waals surface area contributed by atoms with Crippen LogP contribution in [0.2, 0.25) is 0 Å². The van der Waals surface area contributed by atoms with Gasteiger partial charge in [0.25, 0.3) is 17.7 Å². The van der Waals surface area contributed by atoms with Crippen molar-refractivity contribution in [2.24, 2.45) is 0 Å². The predicted molar refractivity (Wildman–Crippen MR) is 109 cm³/mol. The summed E-state index contributed by atoms with van der Waals surface area (Å²) < 4.78 is 13.1. The summed E-state index contributed by atoms with van der Waals surface area (Å²) in [6.07, 6.45) is 0. The first-order valence-corrected chi connectivity index (χ1v) is 9.54. The number of hydrogen-bond donors (Lipinski definition) is 1. The Hall–Kier alpha value is -3.80. The van der Waals surface area contributed by atoms with Crippen LogP contribution in [0.5, 0.6) is 0 Å². The number of carbonyl (C=O) groups is 3. The van der Waals surface area contributed by atoms with E-state index in [4.69, 9.17) is 0 Å². The first-order valence-electron chi connectivity index (χ1n) is 9.54. The zero-order chi connectivity index (χ0) is 21.3. The van der Waals surface area contributed by atoms with Gasteiger partial charge in [0.05, 0.1) is 23.7 Å². The summed E-state index contributed by atoms with van der Waals surface area (Å²) in [5, 5.41) is 2.88. The van der Waals surface area contributed by atoms with Gasteiger partial charge in [-0.3, -0.25) is 19.3 Å². The third-order valence-corrected chi connectivity index (χ3v) is 5.13. The second-order valence-electron chi connectivity index (χ2n) is 7.19. The number of halogens is 1. The van der Waals surface area contributed by atoms with Gasteiger partial charge < -0.3 is 5.32 Å². The number of fused-ring (bicyclic) bond motifs is 1. The number of nitrogens with zero attached hydrogens (tertiary/aromatic N) is 1. The Morgan fingerprint density at radius 3 is 2.20 bits per heavy atom. The Kier molecular flexibility index (Phi) is 5.14. The van der Waals surface area contributed by atoms with Crippen molar-refractivity contribution in [2.75, 3.05) is 0 Å². The summed E-state index contributed by atoms with van der Waals surface area (Å²) >= 11 is 0. The zero-order valence-electron chi connectivity index (χ0n) is 16.3. The van der Waals surface area contributed by atoms with Gasteiger partial charge in [0.15, 0.2) is 0 Å². The highest BCUT2D eigenvalue weighted by molar-refractivity contribution is 6.21. The second-order valence-corrected chi connectivity index (χ2v) is 7.19. The van der Waals surface area contributed by atoms with Gasteiger partial charge in [-0.15, -0.1) is 0 Å². The average molecular weight is 402 g/mol. The maximum absolute atomic E-state index is 13.1. The van der Waals surface area contributed by atoms with Crippen molar-refractivity contribution >= 4 is 17.7 Å². The van der Waals surface area contributed by atoms with Crippen molar-refractivity contribution in [1.29, 1.82) is 0 Å². The SMILES string of the molecule is C[C@H](NC(=O)c1cccc(CN2C(=O)c3ccccc3C2=O)c1)c1ccc(F)cc1. The van der Waals surface area contributed by atoms with E-state index in [1.54, 1.807) is 60.7 Å².